The summed E-state index contributed by atoms with van der Waals surface area (Å²) in [7, 11) is 1.71. The van der Waals surface area contributed by atoms with E-state index in [1.807, 2.05) is 48.5 Å². The maximum atomic E-state index is 12.9. The zero-order chi connectivity index (χ0) is 17.8. The molecule has 2 aliphatic rings. The molecule has 0 unspecified atom stereocenters. The maximum absolute atomic E-state index is 12.9. The highest BCUT2D eigenvalue weighted by Crippen LogP contribution is 2.42. The van der Waals surface area contributed by atoms with Gasteiger partial charge in [0.15, 0.2) is 0 Å². The van der Waals surface area contributed by atoms with Gasteiger partial charge in [-0.3, -0.25) is 9.59 Å². The van der Waals surface area contributed by atoms with Gasteiger partial charge in [0, 0.05) is 30.1 Å². The monoisotopic (exact) mass is 345 g/mol. The number of H-pyrrole nitrogens is 1. The van der Waals surface area contributed by atoms with Gasteiger partial charge in [-0.15, -0.1) is 0 Å². The van der Waals surface area contributed by atoms with Gasteiger partial charge in [-0.1, -0.05) is 48.5 Å². The number of fused-ring (bicyclic) bond motifs is 4. The standard InChI is InChI=1S/C21H19N3O2/c1-23-12-18(25)24-17(21(23)26)11-15-14-9-5-6-10-16(14)22-19(15)20(24)13-7-3-2-4-8-13/h2-10,17,20,22H,11-12H2,1H3/t17-,20-/m1/s1. The Hall–Kier alpha value is -3.08. The molecule has 0 saturated carbocycles. The number of rotatable bonds is 1. The Bertz CT molecular complexity index is 1020. The van der Waals surface area contributed by atoms with Crippen LogP contribution in [0.4, 0.5) is 0 Å². The molecule has 3 heterocycles. The molecule has 2 aromatic carbocycles. The van der Waals surface area contributed by atoms with Crippen LogP contribution in [-0.4, -0.2) is 46.2 Å². The van der Waals surface area contributed by atoms with Crippen molar-refractivity contribution in [2.45, 2.75) is 18.5 Å². The van der Waals surface area contributed by atoms with Crippen molar-refractivity contribution in [1.82, 2.24) is 14.8 Å². The molecule has 2 atom stereocenters. The molecule has 2 amide bonds. The molecule has 26 heavy (non-hydrogen) atoms. The van der Waals surface area contributed by atoms with Crippen molar-refractivity contribution in [2.24, 2.45) is 0 Å². The lowest BCUT2D eigenvalue weighted by atomic mass is 9.86. The number of aromatic nitrogens is 1. The Morgan fingerprint density at radius 3 is 2.54 bits per heavy atom. The largest absolute Gasteiger partial charge is 0.356 e. The highest BCUT2D eigenvalue weighted by molar-refractivity contribution is 5.97. The molecule has 0 radical (unpaired) electrons. The molecule has 1 saturated heterocycles. The normalized spacial score (nSPS) is 22.5. The molecule has 0 spiro atoms. The Labute approximate surface area is 151 Å². The number of hydrogen-bond donors (Lipinski definition) is 1. The highest BCUT2D eigenvalue weighted by Gasteiger charge is 2.47. The maximum Gasteiger partial charge on any atom is 0.245 e. The Morgan fingerprint density at radius 2 is 1.73 bits per heavy atom. The second-order valence-electron chi connectivity index (χ2n) is 7.09. The SMILES string of the molecule is CN1CC(=O)N2[C@H](c3ccccc3)c3[nH]c4ccccc4c3C[C@@H]2C1=O. The fraction of sp³-hybridized carbons (Fsp3) is 0.238. The van der Waals surface area contributed by atoms with E-state index in [2.05, 4.69) is 11.1 Å². The zero-order valence-corrected chi connectivity index (χ0v) is 14.5. The number of piperazine rings is 1. The summed E-state index contributed by atoms with van der Waals surface area (Å²) in [6.07, 6.45) is 0.553. The average Bonchev–Trinajstić information content (AvgIpc) is 3.03. The first-order valence-corrected chi connectivity index (χ1v) is 8.85. The Balaban J connectivity index is 1.77. The predicted molar refractivity (Wildman–Crippen MR) is 98.6 cm³/mol. The summed E-state index contributed by atoms with van der Waals surface area (Å²) in [4.78, 5) is 32.6. The molecular formula is C21H19N3O2. The van der Waals surface area contributed by atoms with E-state index in [9.17, 15) is 9.59 Å². The fourth-order valence-corrected chi connectivity index (χ4v) is 4.39. The molecule has 1 fully saturated rings. The minimum atomic E-state index is -0.446. The van der Waals surface area contributed by atoms with Crippen molar-refractivity contribution in [3.8, 4) is 0 Å². The number of benzene rings is 2. The highest BCUT2D eigenvalue weighted by atomic mass is 16.2. The lowest BCUT2D eigenvalue weighted by molar-refractivity contribution is -0.157. The van der Waals surface area contributed by atoms with E-state index in [1.54, 1.807) is 16.8 Å². The van der Waals surface area contributed by atoms with Crippen LogP contribution in [0.1, 0.15) is 22.9 Å². The van der Waals surface area contributed by atoms with Gasteiger partial charge in [0.25, 0.3) is 0 Å². The Morgan fingerprint density at radius 1 is 1.00 bits per heavy atom. The van der Waals surface area contributed by atoms with Crippen LogP contribution >= 0.6 is 0 Å². The minimum absolute atomic E-state index is 0.00439. The van der Waals surface area contributed by atoms with Crippen molar-refractivity contribution in [3.05, 3.63) is 71.4 Å². The quantitative estimate of drug-likeness (QED) is 0.737. The van der Waals surface area contributed by atoms with Crippen LogP contribution in [0.2, 0.25) is 0 Å². The number of nitrogens with zero attached hydrogens (tertiary/aromatic N) is 2. The number of carbonyl (C=O) groups is 2. The number of hydrogen-bond acceptors (Lipinski definition) is 2. The second-order valence-corrected chi connectivity index (χ2v) is 7.09. The lowest BCUT2D eigenvalue weighted by Gasteiger charge is -2.46. The van der Waals surface area contributed by atoms with Gasteiger partial charge in [-0.2, -0.15) is 0 Å². The third-order valence-electron chi connectivity index (χ3n) is 5.57. The van der Waals surface area contributed by atoms with Crippen molar-refractivity contribution in [1.29, 1.82) is 0 Å². The molecule has 3 aromatic rings. The summed E-state index contributed by atoms with van der Waals surface area (Å²) in [6, 6.07) is 17.4. The van der Waals surface area contributed by atoms with E-state index in [0.717, 1.165) is 27.7 Å². The van der Waals surface area contributed by atoms with Crippen LogP contribution in [0, 0.1) is 0 Å². The van der Waals surface area contributed by atoms with Gasteiger partial charge in [-0.05, 0) is 17.2 Å². The van der Waals surface area contributed by atoms with E-state index < -0.39 is 6.04 Å². The van der Waals surface area contributed by atoms with E-state index in [-0.39, 0.29) is 24.4 Å². The molecule has 0 aliphatic carbocycles. The number of amides is 2. The third kappa shape index (κ3) is 2.03. The summed E-state index contributed by atoms with van der Waals surface area (Å²) in [5.41, 5.74) is 4.24. The summed E-state index contributed by atoms with van der Waals surface area (Å²) >= 11 is 0. The van der Waals surface area contributed by atoms with Crippen molar-refractivity contribution < 1.29 is 9.59 Å². The summed E-state index contributed by atoms with van der Waals surface area (Å²) in [5, 5.41) is 1.14. The van der Waals surface area contributed by atoms with Crippen LogP contribution < -0.4 is 0 Å². The number of likely N-dealkylation sites (N-methyl/N-ethyl adjacent to an activating group) is 1. The second kappa shape index (κ2) is 5.46. The van der Waals surface area contributed by atoms with Gasteiger partial charge in [0.2, 0.25) is 11.8 Å². The molecular weight excluding hydrogens is 326 g/mol. The molecule has 2 aliphatic heterocycles. The Kier molecular flexibility index (Phi) is 3.19. The van der Waals surface area contributed by atoms with E-state index in [1.165, 1.54) is 0 Å². The van der Waals surface area contributed by atoms with Crippen molar-refractivity contribution >= 4 is 22.7 Å². The first kappa shape index (κ1) is 15.2. The number of carbonyl (C=O) groups excluding carboxylic acids is 2. The van der Waals surface area contributed by atoms with E-state index >= 15 is 0 Å². The van der Waals surface area contributed by atoms with Crippen molar-refractivity contribution in [2.75, 3.05) is 13.6 Å². The van der Waals surface area contributed by atoms with Crippen LogP contribution in [-0.2, 0) is 16.0 Å². The summed E-state index contributed by atoms with van der Waals surface area (Å²) < 4.78 is 0. The summed E-state index contributed by atoms with van der Waals surface area (Å²) in [6.45, 7) is 0.133. The van der Waals surface area contributed by atoms with Gasteiger partial charge >= 0.3 is 0 Å². The molecule has 1 N–H and O–H groups in total. The first-order valence-electron chi connectivity index (χ1n) is 8.85. The number of nitrogens with one attached hydrogen (secondary N) is 1. The van der Waals surface area contributed by atoms with Crippen LogP contribution in [0.15, 0.2) is 54.6 Å². The minimum Gasteiger partial charge on any atom is -0.356 e. The van der Waals surface area contributed by atoms with Crippen molar-refractivity contribution in [3.63, 3.8) is 0 Å². The van der Waals surface area contributed by atoms with Gasteiger partial charge < -0.3 is 14.8 Å². The van der Waals surface area contributed by atoms with Gasteiger partial charge in [-0.25, -0.2) is 0 Å². The smallest absolute Gasteiger partial charge is 0.245 e. The molecule has 5 nitrogen and oxygen atoms in total. The first-order chi connectivity index (χ1) is 12.6. The van der Waals surface area contributed by atoms with Crippen LogP contribution in [0.5, 0.6) is 0 Å². The van der Waals surface area contributed by atoms with Gasteiger partial charge in [0.05, 0.1) is 12.6 Å². The van der Waals surface area contributed by atoms with E-state index in [4.69, 9.17) is 0 Å². The molecule has 5 heteroatoms. The van der Waals surface area contributed by atoms with E-state index in [0.29, 0.717) is 6.42 Å². The molecule has 130 valence electrons. The summed E-state index contributed by atoms with van der Waals surface area (Å²) in [5.74, 6) is 0.0109. The topological polar surface area (TPSA) is 56.4 Å². The number of aromatic amines is 1. The average molecular weight is 345 g/mol. The molecule has 1 aromatic heterocycles. The molecule has 0 bridgehead atoms. The van der Waals surface area contributed by atoms with Crippen LogP contribution in [0.25, 0.3) is 10.9 Å². The third-order valence-corrected chi connectivity index (χ3v) is 5.57. The molecule has 5 rings (SSSR count). The predicted octanol–water partition coefficient (Wildman–Crippen LogP) is 2.48. The number of para-hydroxylation sites is 1. The zero-order valence-electron chi connectivity index (χ0n) is 14.5. The van der Waals surface area contributed by atoms with Crippen LogP contribution in [0.3, 0.4) is 0 Å². The lowest BCUT2D eigenvalue weighted by Crippen LogP contribution is -2.62. The fourth-order valence-electron chi connectivity index (χ4n) is 4.39. The van der Waals surface area contributed by atoms with Gasteiger partial charge in [0.1, 0.15) is 6.04 Å².